The first-order valence-electron chi connectivity index (χ1n) is 13.5. The summed E-state index contributed by atoms with van der Waals surface area (Å²) in [5, 5.41) is 8.94. The number of piperazine rings is 1. The van der Waals surface area contributed by atoms with Gasteiger partial charge in [-0.05, 0) is 44.9 Å². The van der Waals surface area contributed by atoms with Gasteiger partial charge in [-0.25, -0.2) is 14.3 Å². The van der Waals surface area contributed by atoms with Gasteiger partial charge in [-0.2, -0.15) is 10.2 Å². The summed E-state index contributed by atoms with van der Waals surface area (Å²) >= 11 is 0. The number of aliphatic imine (C=N–C) groups is 1. The van der Waals surface area contributed by atoms with Gasteiger partial charge in [0.1, 0.15) is 5.82 Å². The number of carbonyl (C=O) groups is 1. The Morgan fingerprint density at radius 1 is 0.974 bits per heavy atom. The van der Waals surface area contributed by atoms with E-state index in [1.165, 1.54) is 0 Å². The maximum absolute atomic E-state index is 13.1. The Hall–Kier alpha value is -4.21. The fourth-order valence-electron chi connectivity index (χ4n) is 5.82. The van der Waals surface area contributed by atoms with Gasteiger partial charge in [0.15, 0.2) is 0 Å². The maximum Gasteiger partial charge on any atom is 0.320 e. The minimum Gasteiger partial charge on any atom is -0.353 e. The molecule has 6 rings (SSSR count). The zero-order chi connectivity index (χ0) is 27.1. The summed E-state index contributed by atoms with van der Waals surface area (Å²) < 4.78 is 3.70. The fourth-order valence-corrected chi connectivity index (χ4v) is 5.82. The Morgan fingerprint density at radius 3 is 2.44 bits per heavy atom. The third-order valence-corrected chi connectivity index (χ3v) is 8.01. The highest BCUT2D eigenvalue weighted by Gasteiger charge is 2.38. The van der Waals surface area contributed by atoms with Gasteiger partial charge in [0.05, 0.1) is 17.9 Å². The van der Waals surface area contributed by atoms with Crippen LogP contribution in [0.2, 0.25) is 0 Å². The van der Waals surface area contributed by atoms with Gasteiger partial charge in [0.2, 0.25) is 0 Å². The molecule has 2 aliphatic rings. The average Bonchev–Trinajstić information content (AvgIpc) is 3.66. The molecule has 2 saturated heterocycles. The van der Waals surface area contributed by atoms with E-state index < -0.39 is 0 Å². The quantitative estimate of drug-likeness (QED) is 0.377. The molecule has 0 unspecified atom stereocenters. The summed E-state index contributed by atoms with van der Waals surface area (Å²) in [6.45, 7) is 8.15. The van der Waals surface area contributed by atoms with E-state index in [0.717, 1.165) is 71.6 Å². The Kier molecular flexibility index (Phi) is 6.32. The number of anilines is 1. The van der Waals surface area contributed by atoms with Crippen molar-refractivity contribution in [2.24, 2.45) is 12.0 Å². The highest BCUT2D eigenvalue weighted by atomic mass is 16.2. The van der Waals surface area contributed by atoms with Crippen LogP contribution in [0.15, 0.2) is 54.2 Å². The first kappa shape index (κ1) is 25.1. The summed E-state index contributed by atoms with van der Waals surface area (Å²) in [5.41, 5.74) is 5.98. The van der Waals surface area contributed by atoms with E-state index in [1.807, 2.05) is 58.6 Å². The number of hydrogen-bond acceptors (Lipinski definition) is 6. The van der Waals surface area contributed by atoms with Gasteiger partial charge >= 0.3 is 6.03 Å². The number of rotatable bonds is 4. The van der Waals surface area contributed by atoms with Crippen LogP contribution in [0.1, 0.15) is 32.3 Å². The van der Waals surface area contributed by atoms with Crippen LogP contribution in [0.25, 0.3) is 27.8 Å². The van der Waals surface area contributed by atoms with Crippen LogP contribution in [-0.4, -0.2) is 91.7 Å². The maximum atomic E-state index is 13.1. The lowest BCUT2D eigenvalue weighted by Crippen LogP contribution is -2.55. The molecular weight excluding hydrogens is 490 g/mol. The molecule has 0 radical (unpaired) electrons. The molecule has 10 nitrogen and oxygen atoms in total. The molecule has 0 aromatic carbocycles. The van der Waals surface area contributed by atoms with Gasteiger partial charge in [-0.1, -0.05) is 0 Å². The molecule has 0 spiro atoms. The van der Waals surface area contributed by atoms with Crippen molar-refractivity contribution in [2.45, 2.75) is 32.2 Å². The first-order chi connectivity index (χ1) is 18.8. The molecule has 4 aromatic rings. The number of nitrogens with zero attached hydrogens (tertiary/aromatic N) is 9. The van der Waals surface area contributed by atoms with Crippen molar-refractivity contribution >= 4 is 23.6 Å². The molecule has 0 saturated carbocycles. The van der Waals surface area contributed by atoms with Gasteiger partial charge in [0, 0.05) is 105 Å². The SMILES string of the molecule is C/N=C\c1cnn2cc(-c3cnn(C)c3)cc(-c3ccc(N4CCN(C(=O)N5CCCC5(C)C)CC4)nc3)c12. The lowest BCUT2D eigenvalue weighted by Gasteiger charge is -2.40. The van der Waals surface area contributed by atoms with E-state index in [-0.39, 0.29) is 11.6 Å². The molecule has 0 bridgehead atoms. The summed E-state index contributed by atoms with van der Waals surface area (Å²) in [6, 6.07) is 6.54. The summed E-state index contributed by atoms with van der Waals surface area (Å²) in [4.78, 5) is 28.5. The first-order valence-corrected chi connectivity index (χ1v) is 13.5. The van der Waals surface area contributed by atoms with Crippen molar-refractivity contribution in [1.82, 2.24) is 34.2 Å². The summed E-state index contributed by atoms with van der Waals surface area (Å²) in [7, 11) is 3.68. The standard InChI is InChI=1S/C29H35N9O/c1-29(2)8-5-9-37(29)28(39)36-12-10-35(11-13-36)26-7-6-21(16-31-26)25-14-22(24-18-32-34(4)19-24)20-38-27(25)23(15-30-3)17-33-38/h6-7,14-20H,5,8-13H2,1-4H3/b30-15-. The van der Waals surface area contributed by atoms with E-state index in [0.29, 0.717) is 13.1 Å². The molecule has 202 valence electrons. The minimum absolute atomic E-state index is 0.0519. The van der Waals surface area contributed by atoms with E-state index >= 15 is 0 Å². The van der Waals surface area contributed by atoms with Crippen molar-refractivity contribution in [3.63, 3.8) is 0 Å². The van der Waals surface area contributed by atoms with Crippen molar-refractivity contribution < 1.29 is 4.79 Å². The highest BCUT2D eigenvalue weighted by Crippen LogP contribution is 2.33. The molecular formula is C29H35N9O. The number of carbonyl (C=O) groups excluding carboxylic acids is 1. The van der Waals surface area contributed by atoms with Crippen LogP contribution in [0, 0.1) is 0 Å². The predicted molar refractivity (Wildman–Crippen MR) is 153 cm³/mol. The number of hydrogen-bond donors (Lipinski definition) is 0. The number of likely N-dealkylation sites (tertiary alicyclic amines) is 1. The smallest absolute Gasteiger partial charge is 0.320 e. The number of urea groups is 1. The Morgan fingerprint density at radius 2 is 1.79 bits per heavy atom. The van der Waals surface area contributed by atoms with Crippen LogP contribution in [-0.2, 0) is 7.05 Å². The van der Waals surface area contributed by atoms with E-state index in [9.17, 15) is 4.79 Å². The molecule has 10 heteroatoms. The molecule has 2 fully saturated rings. The normalized spacial score (nSPS) is 17.6. The third-order valence-electron chi connectivity index (χ3n) is 8.01. The van der Waals surface area contributed by atoms with Crippen LogP contribution in [0.5, 0.6) is 0 Å². The van der Waals surface area contributed by atoms with E-state index in [2.05, 4.69) is 52.1 Å². The summed E-state index contributed by atoms with van der Waals surface area (Å²) in [5.74, 6) is 0.927. The average molecular weight is 526 g/mol. The van der Waals surface area contributed by atoms with Crippen molar-refractivity contribution in [3.8, 4) is 22.3 Å². The minimum atomic E-state index is -0.0519. The van der Waals surface area contributed by atoms with Crippen LogP contribution >= 0.6 is 0 Å². The number of amides is 2. The lowest BCUT2D eigenvalue weighted by atomic mass is 10.0. The Labute approximate surface area is 228 Å². The molecule has 39 heavy (non-hydrogen) atoms. The highest BCUT2D eigenvalue weighted by molar-refractivity contribution is 5.97. The Balaban J connectivity index is 1.24. The lowest BCUT2D eigenvalue weighted by molar-refractivity contribution is 0.123. The number of aryl methyl sites for hydroxylation is 1. The number of fused-ring (bicyclic) bond motifs is 1. The Bertz CT molecular complexity index is 1520. The van der Waals surface area contributed by atoms with E-state index in [1.54, 1.807) is 11.7 Å². The third kappa shape index (κ3) is 4.64. The number of aromatic nitrogens is 5. The second-order valence-electron chi connectivity index (χ2n) is 11.1. The summed E-state index contributed by atoms with van der Waals surface area (Å²) in [6.07, 6.45) is 13.6. The zero-order valence-corrected chi connectivity index (χ0v) is 23.1. The van der Waals surface area contributed by atoms with Gasteiger partial charge in [-0.15, -0.1) is 0 Å². The molecule has 4 aromatic heterocycles. The molecule has 0 N–H and O–H groups in total. The second-order valence-corrected chi connectivity index (χ2v) is 11.1. The van der Waals surface area contributed by atoms with Crippen LogP contribution < -0.4 is 4.90 Å². The van der Waals surface area contributed by atoms with Crippen LogP contribution in [0.4, 0.5) is 10.6 Å². The second kappa shape index (κ2) is 9.83. The predicted octanol–water partition coefficient (Wildman–Crippen LogP) is 3.96. The largest absolute Gasteiger partial charge is 0.353 e. The van der Waals surface area contributed by atoms with Crippen LogP contribution in [0.3, 0.4) is 0 Å². The molecule has 6 heterocycles. The molecule has 0 aliphatic carbocycles. The van der Waals surface area contributed by atoms with Gasteiger partial charge in [-0.3, -0.25) is 9.67 Å². The van der Waals surface area contributed by atoms with E-state index in [4.69, 9.17) is 4.98 Å². The van der Waals surface area contributed by atoms with Crippen molar-refractivity contribution in [3.05, 3.63) is 54.7 Å². The van der Waals surface area contributed by atoms with Gasteiger partial charge in [0.25, 0.3) is 0 Å². The molecule has 2 amide bonds. The van der Waals surface area contributed by atoms with Crippen molar-refractivity contribution in [2.75, 3.05) is 44.7 Å². The fraction of sp³-hybridized carbons (Fsp3) is 0.414. The zero-order valence-electron chi connectivity index (χ0n) is 23.1. The monoisotopic (exact) mass is 525 g/mol. The molecule has 0 atom stereocenters. The van der Waals surface area contributed by atoms with Gasteiger partial charge < -0.3 is 14.7 Å². The number of pyridine rings is 2. The van der Waals surface area contributed by atoms with Crippen molar-refractivity contribution in [1.29, 1.82) is 0 Å². The molecule has 2 aliphatic heterocycles. The topological polar surface area (TPSA) is 87.2 Å².